The van der Waals surface area contributed by atoms with Crippen molar-refractivity contribution in [2.45, 2.75) is 39.8 Å². The number of hydrogen-bond acceptors (Lipinski definition) is 3. The summed E-state index contributed by atoms with van der Waals surface area (Å²) in [5, 5.41) is 0. The zero-order chi connectivity index (χ0) is 13.7. The molecule has 18 heavy (non-hydrogen) atoms. The minimum Gasteiger partial charge on any atom is -0.398 e. The van der Waals surface area contributed by atoms with Crippen LogP contribution in [0, 0.1) is 0 Å². The number of carbonyl (C=O) groups is 2. The zero-order valence-corrected chi connectivity index (χ0v) is 11.1. The molecule has 1 heterocycles. The average Bonchev–Trinajstić information content (AvgIpc) is 2.74. The fourth-order valence-electron chi connectivity index (χ4n) is 2.04. The Kier molecular flexibility index (Phi) is 4.89. The van der Waals surface area contributed by atoms with Crippen molar-refractivity contribution < 1.29 is 9.59 Å². The summed E-state index contributed by atoms with van der Waals surface area (Å²) < 4.78 is 0. The maximum atomic E-state index is 12.0. The SMILES string of the molecule is CC.CC[C@@H](C=O)N1Cc2c(N)cccc2C1=O. The Labute approximate surface area is 108 Å². The molecule has 0 bridgehead atoms. The number of aldehydes is 1. The predicted molar refractivity (Wildman–Crippen MR) is 72.2 cm³/mol. The van der Waals surface area contributed by atoms with E-state index in [4.69, 9.17) is 5.73 Å². The van der Waals surface area contributed by atoms with Crippen molar-refractivity contribution in [1.29, 1.82) is 0 Å². The lowest BCUT2D eigenvalue weighted by atomic mass is 10.1. The lowest BCUT2D eigenvalue weighted by Gasteiger charge is -2.21. The highest BCUT2D eigenvalue weighted by molar-refractivity contribution is 6.01. The third-order valence-electron chi connectivity index (χ3n) is 3.01. The van der Waals surface area contributed by atoms with E-state index in [1.165, 1.54) is 0 Å². The highest BCUT2D eigenvalue weighted by Crippen LogP contribution is 2.28. The molecule has 0 radical (unpaired) electrons. The summed E-state index contributed by atoms with van der Waals surface area (Å²) in [4.78, 5) is 24.5. The summed E-state index contributed by atoms with van der Waals surface area (Å²) in [6, 6.07) is 4.94. The number of fused-ring (bicyclic) bond motifs is 1. The molecule has 0 fully saturated rings. The van der Waals surface area contributed by atoms with Crippen LogP contribution >= 0.6 is 0 Å². The van der Waals surface area contributed by atoms with Crippen LogP contribution in [0.4, 0.5) is 5.69 Å². The van der Waals surface area contributed by atoms with Gasteiger partial charge in [0.15, 0.2) is 0 Å². The molecule has 1 aromatic carbocycles. The lowest BCUT2D eigenvalue weighted by molar-refractivity contribution is -0.111. The Morgan fingerprint density at radius 2 is 2.11 bits per heavy atom. The number of anilines is 1. The van der Waals surface area contributed by atoms with Crippen molar-refractivity contribution in [3.05, 3.63) is 29.3 Å². The summed E-state index contributed by atoms with van der Waals surface area (Å²) in [7, 11) is 0. The van der Waals surface area contributed by atoms with E-state index in [-0.39, 0.29) is 11.9 Å². The smallest absolute Gasteiger partial charge is 0.255 e. The number of benzene rings is 1. The second-order valence-corrected chi connectivity index (χ2v) is 3.92. The number of nitrogens with zero attached hydrogens (tertiary/aromatic N) is 1. The molecule has 0 saturated heterocycles. The Bertz CT molecular complexity index is 443. The molecule has 2 N–H and O–H groups in total. The number of rotatable bonds is 3. The van der Waals surface area contributed by atoms with E-state index in [0.717, 1.165) is 11.8 Å². The highest BCUT2D eigenvalue weighted by Gasteiger charge is 2.32. The molecule has 0 spiro atoms. The number of carbonyl (C=O) groups excluding carboxylic acids is 2. The standard InChI is InChI=1S/C12H14N2O2.C2H6/c1-2-8(7-15)14-6-10-9(12(14)16)4-3-5-11(10)13;1-2/h3-5,7-8H,2,6,13H2,1H3;1-2H3/t8-;/m0./s1. The number of nitrogens with two attached hydrogens (primary N) is 1. The molecule has 4 heteroatoms. The molecule has 1 aliphatic heterocycles. The Balaban J connectivity index is 0.000000771. The monoisotopic (exact) mass is 248 g/mol. The Morgan fingerprint density at radius 3 is 2.61 bits per heavy atom. The summed E-state index contributed by atoms with van der Waals surface area (Å²) in [6.45, 7) is 6.33. The zero-order valence-electron chi connectivity index (χ0n) is 11.1. The van der Waals surface area contributed by atoms with E-state index in [2.05, 4.69) is 0 Å². The third kappa shape index (κ3) is 2.37. The molecule has 0 saturated carbocycles. The first-order valence-corrected chi connectivity index (χ1v) is 6.32. The van der Waals surface area contributed by atoms with Gasteiger partial charge in [-0.05, 0) is 18.6 Å². The molecule has 0 aromatic heterocycles. The van der Waals surface area contributed by atoms with E-state index >= 15 is 0 Å². The van der Waals surface area contributed by atoms with Crippen molar-refractivity contribution >= 4 is 17.9 Å². The molecule has 2 rings (SSSR count). The molecule has 1 atom stereocenters. The number of hydrogen-bond donors (Lipinski definition) is 1. The molecule has 1 aromatic rings. The lowest BCUT2D eigenvalue weighted by Crippen LogP contribution is -2.36. The minimum absolute atomic E-state index is 0.0961. The highest BCUT2D eigenvalue weighted by atomic mass is 16.2. The normalized spacial score (nSPS) is 14.6. The van der Waals surface area contributed by atoms with Gasteiger partial charge in [-0.15, -0.1) is 0 Å². The minimum atomic E-state index is -0.348. The molecule has 0 unspecified atom stereocenters. The third-order valence-corrected chi connectivity index (χ3v) is 3.01. The molecule has 0 aliphatic carbocycles. The summed E-state index contributed by atoms with van der Waals surface area (Å²) in [5.41, 5.74) is 7.90. The molecular weight excluding hydrogens is 228 g/mol. The molecule has 4 nitrogen and oxygen atoms in total. The van der Waals surface area contributed by atoms with E-state index in [1.807, 2.05) is 20.8 Å². The predicted octanol–water partition coefficient (Wildman–Crippen LogP) is 2.23. The first-order valence-electron chi connectivity index (χ1n) is 6.32. The van der Waals surface area contributed by atoms with Gasteiger partial charge in [0.25, 0.3) is 5.91 Å². The van der Waals surface area contributed by atoms with Gasteiger partial charge in [0, 0.05) is 23.4 Å². The molecule has 98 valence electrons. The maximum Gasteiger partial charge on any atom is 0.255 e. The van der Waals surface area contributed by atoms with Crippen molar-refractivity contribution in [3.63, 3.8) is 0 Å². The van der Waals surface area contributed by atoms with E-state index in [0.29, 0.717) is 24.2 Å². The Morgan fingerprint density at radius 1 is 1.44 bits per heavy atom. The average molecular weight is 248 g/mol. The number of amides is 1. The fraction of sp³-hybridized carbons (Fsp3) is 0.429. The van der Waals surface area contributed by atoms with Crippen LogP contribution in [0.25, 0.3) is 0 Å². The van der Waals surface area contributed by atoms with Gasteiger partial charge in [0.05, 0.1) is 6.04 Å². The quantitative estimate of drug-likeness (QED) is 0.659. The van der Waals surface area contributed by atoms with E-state index < -0.39 is 0 Å². The van der Waals surface area contributed by atoms with Gasteiger partial charge in [-0.3, -0.25) is 4.79 Å². The van der Waals surface area contributed by atoms with Gasteiger partial charge < -0.3 is 15.4 Å². The van der Waals surface area contributed by atoms with Gasteiger partial charge in [0.1, 0.15) is 6.29 Å². The van der Waals surface area contributed by atoms with Crippen LogP contribution in [0.5, 0.6) is 0 Å². The van der Waals surface area contributed by atoms with Crippen molar-refractivity contribution in [2.24, 2.45) is 0 Å². The molecule has 1 aliphatic rings. The van der Waals surface area contributed by atoms with Crippen LogP contribution in [0.2, 0.25) is 0 Å². The molecule has 1 amide bonds. The maximum absolute atomic E-state index is 12.0. The summed E-state index contributed by atoms with van der Waals surface area (Å²) in [6.07, 6.45) is 1.45. The van der Waals surface area contributed by atoms with Crippen LogP contribution in [-0.2, 0) is 11.3 Å². The van der Waals surface area contributed by atoms with Crippen LogP contribution in [-0.4, -0.2) is 23.1 Å². The number of nitrogen functional groups attached to an aromatic ring is 1. The van der Waals surface area contributed by atoms with Gasteiger partial charge in [-0.25, -0.2) is 0 Å². The van der Waals surface area contributed by atoms with Crippen LogP contribution < -0.4 is 5.73 Å². The summed E-state index contributed by atoms with van der Waals surface area (Å²) in [5.74, 6) is -0.0961. The van der Waals surface area contributed by atoms with E-state index in [9.17, 15) is 9.59 Å². The van der Waals surface area contributed by atoms with Crippen molar-refractivity contribution in [2.75, 3.05) is 5.73 Å². The first kappa shape index (κ1) is 14.2. The van der Waals surface area contributed by atoms with Gasteiger partial charge >= 0.3 is 0 Å². The van der Waals surface area contributed by atoms with Gasteiger partial charge in [-0.2, -0.15) is 0 Å². The van der Waals surface area contributed by atoms with E-state index in [1.54, 1.807) is 23.1 Å². The van der Waals surface area contributed by atoms with Crippen molar-refractivity contribution in [3.8, 4) is 0 Å². The van der Waals surface area contributed by atoms with Gasteiger partial charge in [0.2, 0.25) is 0 Å². The second kappa shape index (κ2) is 6.19. The summed E-state index contributed by atoms with van der Waals surface area (Å²) >= 11 is 0. The fourth-order valence-corrected chi connectivity index (χ4v) is 2.04. The largest absolute Gasteiger partial charge is 0.398 e. The first-order chi connectivity index (χ1) is 8.69. The Hall–Kier alpha value is -1.84. The van der Waals surface area contributed by atoms with Crippen molar-refractivity contribution in [1.82, 2.24) is 4.90 Å². The molecular formula is C14H20N2O2. The topological polar surface area (TPSA) is 63.4 Å². The van der Waals surface area contributed by atoms with Gasteiger partial charge in [-0.1, -0.05) is 26.8 Å². The van der Waals surface area contributed by atoms with Crippen LogP contribution in [0.15, 0.2) is 18.2 Å². The second-order valence-electron chi connectivity index (χ2n) is 3.92. The van der Waals surface area contributed by atoms with Crippen LogP contribution in [0.3, 0.4) is 0 Å². The van der Waals surface area contributed by atoms with Crippen LogP contribution in [0.1, 0.15) is 43.1 Å².